The summed E-state index contributed by atoms with van der Waals surface area (Å²) in [6, 6.07) is 0.798. The monoisotopic (exact) mass is 308 g/mol. The van der Waals surface area contributed by atoms with E-state index in [2.05, 4.69) is 15.3 Å². The molecule has 0 radical (unpaired) electrons. The Morgan fingerprint density at radius 2 is 2.05 bits per heavy atom. The van der Waals surface area contributed by atoms with Crippen molar-refractivity contribution in [1.29, 1.82) is 0 Å². The number of piperazine rings is 1. The van der Waals surface area contributed by atoms with Crippen LogP contribution in [0.4, 0.5) is 19.0 Å². The second kappa shape index (κ2) is 4.76. The molecule has 110 valence electrons. The van der Waals surface area contributed by atoms with Crippen LogP contribution in [0.3, 0.4) is 0 Å². The van der Waals surface area contributed by atoms with Crippen LogP contribution in [0, 0.1) is 0 Å². The highest BCUT2D eigenvalue weighted by molar-refractivity contribution is 6.28. The van der Waals surface area contributed by atoms with Crippen molar-refractivity contribution in [2.45, 2.75) is 25.6 Å². The number of rotatable bonds is 1. The van der Waals surface area contributed by atoms with E-state index in [1.54, 1.807) is 13.8 Å². The summed E-state index contributed by atoms with van der Waals surface area (Å²) < 4.78 is 38.2. The summed E-state index contributed by atoms with van der Waals surface area (Å²) in [5.41, 5.74) is -2.15. The van der Waals surface area contributed by atoms with Crippen molar-refractivity contribution in [1.82, 2.24) is 15.3 Å². The van der Waals surface area contributed by atoms with Crippen molar-refractivity contribution in [3.05, 3.63) is 17.0 Å². The van der Waals surface area contributed by atoms with Gasteiger partial charge in [-0.2, -0.15) is 13.2 Å². The van der Waals surface area contributed by atoms with Crippen molar-refractivity contribution in [3.8, 4) is 0 Å². The minimum atomic E-state index is -4.62. The number of hydrogen-bond donors (Lipinski definition) is 1. The molecule has 0 atom stereocenters. The molecule has 1 aromatic heterocycles. The van der Waals surface area contributed by atoms with Gasteiger partial charge in [0.1, 0.15) is 11.4 Å². The summed E-state index contributed by atoms with van der Waals surface area (Å²) in [6.07, 6.45) is -4.62. The Labute approximate surface area is 118 Å². The van der Waals surface area contributed by atoms with Crippen LogP contribution >= 0.6 is 11.6 Å². The summed E-state index contributed by atoms with van der Waals surface area (Å²) in [5.74, 6) is -0.302. The lowest BCUT2D eigenvalue weighted by Gasteiger charge is -2.42. The molecule has 2 heterocycles. The van der Waals surface area contributed by atoms with Gasteiger partial charge in [-0.1, -0.05) is 0 Å². The topological polar surface area (TPSA) is 58.1 Å². The number of hydrogen-bond acceptors (Lipinski definition) is 4. The van der Waals surface area contributed by atoms with E-state index in [9.17, 15) is 18.0 Å². The molecule has 0 aliphatic carbocycles. The molecular weight excluding hydrogens is 297 g/mol. The maximum atomic E-state index is 12.7. The molecule has 1 aliphatic heterocycles. The van der Waals surface area contributed by atoms with Gasteiger partial charge in [0.2, 0.25) is 11.2 Å². The SMILES string of the molecule is CC1(C)C(=O)NCCN1c1cc(C(F)(F)F)nc(Cl)n1. The normalized spacial score (nSPS) is 18.9. The first-order chi connectivity index (χ1) is 9.12. The van der Waals surface area contributed by atoms with Gasteiger partial charge < -0.3 is 10.2 Å². The molecule has 5 nitrogen and oxygen atoms in total. The van der Waals surface area contributed by atoms with Gasteiger partial charge in [-0.25, -0.2) is 9.97 Å². The molecule has 9 heteroatoms. The smallest absolute Gasteiger partial charge is 0.352 e. The zero-order valence-electron chi connectivity index (χ0n) is 10.8. The minimum Gasteiger partial charge on any atom is -0.352 e. The van der Waals surface area contributed by atoms with Crippen molar-refractivity contribution in [3.63, 3.8) is 0 Å². The van der Waals surface area contributed by atoms with Crippen LogP contribution in [0.25, 0.3) is 0 Å². The number of amides is 1. The summed E-state index contributed by atoms with van der Waals surface area (Å²) >= 11 is 5.56. The molecular formula is C11H12ClF3N4O. The van der Waals surface area contributed by atoms with E-state index in [0.717, 1.165) is 6.07 Å². The standard InChI is InChI=1S/C11H12ClF3N4O/c1-10(2)8(20)16-3-4-19(10)7-5-6(11(13,14)15)17-9(12)18-7/h5H,3-4H2,1-2H3,(H,16,20). The first-order valence-corrected chi connectivity index (χ1v) is 6.18. The predicted molar refractivity (Wildman–Crippen MR) is 66.5 cm³/mol. The zero-order valence-corrected chi connectivity index (χ0v) is 11.5. The van der Waals surface area contributed by atoms with E-state index >= 15 is 0 Å². The van der Waals surface area contributed by atoms with Gasteiger partial charge in [0, 0.05) is 19.2 Å². The summed E-state index contributed by atoms with van der Waals surface area (Å²) in [4.78, 5) is 20.3. The maximum Gasteiger partial charge on any atom is 0.433 e. The Hall–Kier alpha value is -1.57. The lowest BCUT2D eigenvalue weighted by Crippen LogP contribution is -2.62. The average molecular weight is 309 g/mol. The molecule has 2 rings (SSSR count). The van der Waals surface area contributed by atoms with Crippen LogP contribution in [0.5, 0.6) is 0 Å². The third-order valence-corrected chi connectivity index (χ3v) is 3.27. The van der Waals surface area contributed by atoms with E-state index < -0.39 is 22.7 Å². The fraction of sp³-hybridized carbons (Fsp3) is 0.545. The van der Waals surface area contributed by atoms with Crippen molar-refractivity contribution in [2.75, 3.05) is 18.0 Å². The van der Waals surface area contributed by atoms with Crippen LogP contribution in [0.2, 0.25) is 5.28 Å². The molecule has 0 aromatic carbocycles. The molecule has 1 aromatic rings. The number of halogens is 4. The van der Waals surface area contributed by atoms with Gasteiger partial charge in [-0.15, -0.1) is 0 Å². The van der Waals surface area contributed by atoms with Crippen molar-refractivity contribution in [2.24, 2.45) is 0 Å². The van der Waals surface area contributed by atoms with Crippen LogP contribution < -0.4 is 10.2 Å². The maximum absolute atomic E-state index is 12.7. The van der Waals surface area contributed by atoms with Gasteiger partial charge in [-0.05, 0) is 25.4 Å². The number of nitrogens with zero attached hydrogens (tertiary/aromatic N) is 3. The Morgan fingerprint density at radius 3 is 2.65 bits per heavy atom. The number of anilines is 1. The molecule has 1 saturated heterocycles. The molecule has 0 bridgehead atoms. The Kier molecular flexibility index (Phi) is 3.53. The molecule has 20 heavy (non-hydrogen) atoms. The fourth-order valence-electron chi connectivity index (χ4n) is 1.99. The highest BCUT2D eigenvalue weighted by Crippen LogP contribution is 2.32. The lowest BCUT2D eigenvalue weighted by molar-refractivity contribution is -0.141. The number of carbonyl (C=O) groups is 1. The van der Waals surface area contributed by atoms with Crippen LogP contribution in [0.1, 0.15) is 19.5 Å². The zero-order chi connectivity index (χ0) is 15.1. The first-order valence-electron chi connectivity index (χ1n) is 5.80. The van der Waals surface area contributed by atoms with Gasteiger partial charge in [0.05, 0.1) is 0 Å². The molecule has 1 amide bonds. The predicted octanol–water partition coefficient (Wildman–Crippen LogP) is 1.86. The fourth-order valence-corrected chi connectivity index (χ4v) is 2.17. The van der Waals surface area contributed by atoms with Crippen LogP contribution in [-0.4, -0.2) is 34.5 Å². The molecule has 1 N–H and O–H groups in total. The number of alkyl halides is 3. The lowest BCUT2D eigenvalue weighted by atomic mass is 9.99. The second-order valence-corrected chi connectivity index (χ2v) is 5.18. The van der Waals surface area contributed by atoms with E-state index in [1.807, 2.05) is 0 Å². The molecule has 1 aliphatic rings. The van der Waals surface area contributed by atoms with Gasteiger partial charge in [0.15, 0.2) is 5.69 Å². The summed E-state index contributed by atoms with van der Waals surface area (Å²) in [6.45, 7) is 3.87. The minimum absolute atomic E-state index is 0.0165. The largest absolute Gasteiger partial charge is 0.433 e. The average Bonchev–Trinajstić information content (AvgIpc) is 2.30. The molecule has 0 saturated carbocycles. The number of aromatic nitrogens is 2. The highest BCUT2D eigenvalue weighted by Gasteiger charge is 2.40. The Morgan fingerprint density at radius 1 is 1.40 bits per heavy atom. The van der Waals surface area contributed by atoms with Crippen molar-refractivity contribution < 1.29 is 18.0 Å². The van der Waals surface area contributed by atoms with Crippen molar-refractivity contribution >= 4 is 23.3 Å². The first kappa shape index (κ1) is 14.8. The molecule has 0 unspecified atom stereocenters. The van der Waals surface area contributed by atoms with Crippen LogP contribution in [0.15, 0.2) is 6.07 Å². The van der Waals surface area contributed by atoms with Gasteiger partial charge >= 0.3 is 6.18 Å². The van der Waals surface area contributed by atoms with E-state index in [4.69, 9.17) is 11.6 Å². The third kappa shape index (κ3) is 2.65. The van der Waals surface area contributed by atoms with E-state index in [0.29, 0.717) is 13.1 Å². The quantitative estimate of drug-likeness (QED) is 0.805. The third-order valence-electron chi connectivity index (χ3n) is 3.10. The van der Waals surface area contributed by atoms with Gasteiger partial charge in [0.25, 0.3) is 0 Å². The second-order valence-electron chi connectivity index (χ2n) is 4.84. The van der Waals surface area contributed by atoms with Gasteiger partial charge in [-0.3, -0.25) is 4.79 Å². The highest BCUT2D eigenvalue weighted by atomic mass is 35.5. The Bertz CT molecular complexity index is 547. The Balaban J connectivity index is 2.47. The summed E-state index contributed by atoms with van der Waals surface area (Å²) in [7, 11) is 0. The van der Waals surface area contributed by atoms with E-state index in [1.165, 1.54) is 4.90 Å². The number of nitrogens with one attached hydrogen (secondary N) is 1. The summed E-state index contributed by atoms with van der Waals surface area (Å²) in [5, 5.41) is 2.15. The van der Waals surface area contributed by atoms with Crippen LogP contribution in [-0.2, 0) is 11.0 Å². The van der Waals surface area contributed by atoms with E-state index in [-0.39, 0.29) is 11.7 Å². The number of carbonyl (C=O) groups excluding carboxylic acids is 1. The molecule has 1 fully saturated rings. The molecule has 0 spiro atoms.